The summed E-state index contributed by atoms with van der Waals surface area (Å²) in [5, 5.41) is 18.0. The largest absolute Gasteiger partial charge is 0.247 e. The molecule has 6 rings (SSSR count). The number of hydrogen-bond acceptors (Lipinski definition) is 4. The molecule has 0 aliphatic rings. The fourth-order valence-corrected chi connectivity index (χ4v) is 9.71. The number of benzene rings is 4. The van der Waals surface area contributed by atoms with Gasteiger partial charge in [-0.1, -0.05) is 24.3 Å². The van der Waals surface area contributed by atoms with Gasteiger partial charge in [0, 0.05) is 19.5 Å². The second kappa shape index (κ2) is 11.4. The monoisotopic (exact) mass is 654 g/mol. The third-order valence-corrected chi connectivity index (χ3v) is 12.7. The first kappa shape index (κ1) is 34.5. The molecule has 6 aromatic rings. The van der Waals surface area contributed by atoms with E-state index in [2.05, 4.69) is 131 Å². The number of rotatable bonds is 4. The van der Waals surface area contributed by atoms with Gasteiger partial charge in [-0.25, -0.2) is 9.36 Å². The van der Waals surface area contributed by atoms with Crippen LogP contribution in [0.25, 0.3) is 44.3 Å². The van der Waals surface area contributed by atoms with Gasteiger partial charge in [0.25, 0.3) is 0 Å². The molecule has 49 heavy (non-hydrogen) atoms. The maximum atomic E-state index is 4.61. The Morgan fingerprint density at radius 1 is 0.347 bits per heavy atom. The summed E-state index contributed by atoms with van der Waals surface area (Å²) in [5.74, 6) is 0. The minimum atomic E-state index is -0.228. The first-order valence-corrected chi connectivity index (χ1v) is 17.6. The molecular formula is C43H54N6. The van der Waals surface area contributed by atoms with E-state index in [1.54, 1.807) is 0 Å². The smallest absolute Gasteiger partial charge is 0.116 e. The molecule has 256 valence electrons. The van der Waals surface area contributed by atoms with Gasteiger partial charge in [-0.15, -0.1) is 10.2 Å². The first-order chi connectivity index (χ1) is 22.8. The van der Waals surface area contributed by atoms with E-state index in [9.17, 15) is 0 Å². The van der Waals surface area contributed by atoms with E-state index in [4.69, 9.17) is 0 Å². The lowest BCUT2D eigenvalue weighted by molar-refractivity contribution is 0.618. The van der Waals surface area contributed by atoms with Gasteiger partial charge in [0.05, 0.1) is 11.0 Å². The van der Waals surface area contributed by atoms with E-state index >= 15 is 0 Å². The highest BCUT2D eigenvalue weighted by molar-refractivity contribution is 5.95. The zero-order valence-corrected chi connectivity index (χ0v) is 33.2. The minimum Gasteiger partial charge on any atom is -0.247 e. The third-order valence-electron chi connectivity index (χ3n) is 12.7. The zero-order chi connectivity index (χ0) is 36.3. The van der Waals surface area contributed by atoms with Crippen molar-refractivity contribution in [3.05, 3.63) is 89.0 Å². The molecule has 2 heterocycles. The Labute approximate surface area is 292 Å². The Balaban J connectivity index is 1.61. The van der Waals surface area contributed by atoms with Crippen molar-refractivity contribution in [1.82, 2.24) is 30.0 Å². The van der Waals surface area contributed by atoms with Crippen molar-refractivity contribution in [2.24, 2.45) is 14.1 Å². The van der Waals surface area contributed by atoms with Gasteiger partial charge in [-0.3, -0.25) is 0 Å². The average molecular weight is 655 g/mol. The fraction of sp³-hybridized carbons (Fsp3) is 0.442. The Bertz CT molecular complexity index is 2180. The summed E-state index contributed by atoms with van der Waals surface area (Å²) in [7, 11) is 3.98. The normalized spacial score (nSPS) is 12.3. The van der Waals surface area contributed by atoms with E-state index in [1.807, 2.05) is 23.5 Å². The van der Waals surface area contributed by atoms with Crippen LogP contribution in [0.5, 0.6) is 0 Å². The van der Waals surface area contributed by atoms with Crippen LogP contribution in [-0.2, 0) is 19.5 Å². The Morgan fingerprint density at radius 3 is 0.878 bits per heavy atom. The number of aryl methyl sites for hydroxylation is 6. The van der Waals surface area contributed by atoms with Crippen LogP contribution in [0.15, 0.2) is 0 Å². The molecule has 0 bridgehead atoms. The quantitative estimate of drug-likeness (QED) is 0.190. The van der Waals surface area contributed by atoms with Crippen molar-refractivity contribution in [2.75, 3.05) is 0 Å². The highest BCUT2D eigenvalue weighted by Crippen LogP contribution is 2.49. The summed E-state index contributed by atoms with van der Waals surface area (Å²) in [4.78, 5) is 0. The number of fused-ring (bicyclic) bond motifs is 2. The third kappa shape index (κ3) is 4.51. The SMILES string of the molecule is Cc1c(C)c(C(C)(C)c2c(C)c(C)c(-c3c(C)c(C)c4c(nnn4C)c3C)c(C)c2C)c(C)c(C)c1-c1c(C)c(C)c2c(nnn2C)c1C. The summed E-state index contributed by atoms with van der Waals surface area (Å²) >= 11 is 0. The standard InChI is InChI=1S/C43H54N6/c1-19-25(7)37(26(8)20(2)33(19)35-23(5)29(11)41-39(31(35)13)44-46-48(41)17)43(15,16)38-27(9)21(3)34(22(4)28(38)10)36-24(6)30(12)42-40(32(36)14)45-47-49(42)18/h1-18H3. The topological polar surface area (TPSA) is 61.4 Å². The second-order valence-electron chi connectivity index (χ2n) is 15.4. The van der Waals surface area contributed by atoms with Gasteiger partial charge in [0.2, 0.25) is 0 Å². The highest BCUT2D eigenvalue weighted by atomic mass is 15.4. The van der Waals surface area contributed by atoms with Crippen LogP contribution >= 0.6 is 0 Å². The Hall–Kier alpha value is -4.32. The molecule has 6 nitrogen and oxygen atoms in total. The van der Waals surface area contributed by atoms with Crippen LogP contribution in [0.3, 0.4) is 0 Å². The van der Waals surface area contributed by atoms with Gasteiger partial charge in [0.15, 0.2) is 0 Å². The van der Waals surface area contributed by atoms with Crippen molar-refractivity contribution in [1.29, 1.82) is 0 Å². The predicted molar refractivity (Wildman–Crippen MR) is 206 cm³/mol. The molecule has 0 N–H and O–H groups in total. The highest BCUT2D eigenvalue weighted by Gasteiger charge is 2.35. The van der Waals surface area contributed by atoms with E-state index in [-0.39, 0.29) is 5.41 Å². The Morgan fingerprint density at radius 2 is 0.592 bits per heavy atom. The van der Waals surface area contributed by atoms with Gasteiger partial charge in [-0.05, 0) is 208 Å². The van der Waals surface area contributed by atoms with Crippen molar-refractivity contribution in [2.45, 2.75) is 116 Å². The summed E-state index contributed by atoms with van der Waals surface area (Å²) in [6, 6.07) is 0. The molecule has 0 unspecified atom stereocenters. The number of aromatic nitrogens is 6. The first-order valence-electron chi connectivity index (χ1n) is 17.6. The molecule has 0 atom stereocenters. The fourth-order valence-electron chi connectivity index (χ4n) is 9.71. The lowest BCUT2D eigenvalue weighted by Crippen LogP contribution is -2.27. The number of hydrogen-bond donors (Lipinski definition) is 0. The minimum absolute atomic E-state index is 0.228. The van der Waals surface area contributed by atoms with Gasteiger partial charge in [0.1, 0.15) is 11.0 Å². The number of nitrogens with zero attached hydrogens (tertiary/aromatic N) is 6. The van der Waals surface area contributed by atoms with E-state index < -0.39 is 0 Å². The van der Waals surface area contributed by atoms with Crippen LogP contribution < -0.4 is 0 Å². The summed E-state index contributed by atoms with van der Waals surface area (Å²) in [5.41, 5.74) is 30.6. The average Bonchev–Trinajstić information content (AvgIpc) is 3.62. The second-order valence-corrected chi connectivity index (χ2v) is 15.4. The van der Waals surface area contributed by atoms with E-state index in [0.717, 1.165) is 22.1 Å². The lowest BCUT2D eigenvalue weighted by atomic mass is 9.67. The molecule has 2 aromatic heterocycles. The van der Waals surface area contributed by atoms with Crippen molar-refractivity contribution >= 4 is 22.1 Å². The molecule has 0 spiro atoms. The van der Waals surface area contributed by atoms with Gasteiger partial charge < -0.3 is 0 Å². The van der Waals surface area contributed by atoms with E-state index in [1.165, 1.54) is 111 Å². The van der Waals surface area contributed by atoms with Crippen LogP contribution in [0.1, 0.15) is 103 Å². The zero-order valence-electron chi connectivity index (χ0n) is 33.2. The predicted octanol–water partition coefficient (Wildman–Crippen LogP) is 10.2. The van der Waals surface area contributed by atoms with Crippen molar-refractivity contribution < 1.29 is 0 Å². The molecule has 0 amide bonds. The summed E-state index contributed by atoms with van der Waals surface area (Å²) in [6.45, 7) is 36.9. The molecular weight excluding hydrogens is 601 g/mol. The molecule has 0 fully saturated rings. The van der Waals surface area contributed by atoms with Crippen LogP contribution in [0.4, 0.5) is 0 Å². The summed E-state index contributed by atoms with van der Waals surface area (Å²) < 4.78 is 3.82. The van der Waals surface area contributed by atoms with Gasteiger partial charge in [-0.2, -0.15) is 0 Å². The molecule has 0 aliphatic heterocycles. The maximum Gasteiger partial charge on any atom is 0.116 e. The lowest BCUT2D eigenvalue weighted by Gasteiger charge is -2.37. The molecule has 0 saturated heterocycles. The van der Waals surface area contributed by atoms with Crippen molar-refractivity contribution in [3.63, 3.8) is 0 Å². The van der Waals surface area contributed by atoms with Crippen LogP contribution in [0.2, 0.25) is 0 Å². The molecule has 0 radical (unpaired) electrons. The maximum absolute atomic E-state index is 4.61. The molecule has 0 aliphatic carbocycles. The van der Waals surface area contributed by atoms with Crippen LogP contribution in [0, 0.1) is 96.9 Å². The van der Waals surface area contributed by atoms with Crippen molar-refractivity contribution in [3.8, 4) is 22.3 Å². The van der Waals surface area contributed by atoms with Crippen LogP contribution in [-0.4, -0.2) is 30.0 Å². The molecule has 4 aromatic carbocycles. The van der Waals surface area contributed by atoms with E-state index in [0.29, 0.717) is 0 Å². The molecule has 6 heteroatoms. The Kier molecular flexibility index (Phi) is 8.01. The summed E-state index contributed by atoms with van der Waals surface area (Å²) in [6.07, 6.45) is 0. The molecule has 0 saturated carbocycles. The van der Waals surface area contributed by atoms with Gasteiger partial charge >= 0.3 is 0 Å².